The third kappa shape index (κ3) is 1.49. The molecule has 0 radical (unpaired) electrons. The van der Waals surface area contributed by atoms with E-state index in [4.69, 9.17) is 16.9 Å². The van der Waals surface area contributed by atoms with Crippen molar-refractivity contribution in [2.24, 2.45) is 0 Å². The molecular formula is C7H7ClNO2+. The monoisotopic (exact) mass is 172 g/mol. The molecule has 0 unspecified atom stereocenters. The van der Waals surface area contributed by atoms with Crippen LogP contribution in [0, 0.1) is 6.92 Å². The molecule has 0 saturated carbocycles. The Morgan fingerprint density at radius 1 is 1.73 bits per heavy atom. The molecule has 0 aromatic carbocycles. The van der Waals surface area contributed by atoms with Crippen molar-refractivity contribution in [1.82, 2.24) is 0 Å². The maximum absolute atomic E-state index is 10.5. The number of hydrogen-bond donors (Lipinski definition) is 1. The normalized spacial score (nSPS) is 9.64. The fourth-order valence-electron chi connectivity index (χ4n) is 0.845. The summed E-state index contributed by atoms with van der Waals surface area (Å²) in [5, 5.41) is 8.64. The van der Waals surface area contributed by atoms with Gasteiger partial charge < -0.3 is 5.11 Å². The van der Waals surface area contributed by atoms with Gasteiger partial charge in [-0.2, -0.15) is 0 Å². The van der Waals surface area contributed by atoms with Crippen molar-refractivity contribution < 1.29 is 14.0 Å². The van der Waals surface area contributed by atoms with Crippen LogP contribution < -0.4 is 4.09 Å². The van der Waals surface area contributed by atoms with Gasteiger partial charge in [-0.1, -0.05) is 4.09 Å². The zero-order valence-corrected chi connectivity index (χ0v) is 6.67. The van der Waals surface area contributed by atoms with Gasteiger partial charge in [0.25, 0.3) is 11.8 Å². The van der Waals surface area contributed by atoms with Crippen molar-refractivity contribution >= 4 is 17.7 Å². The first-order chi connectivity index (χ1) is 5.13. The molecule has 11 heavy (non-hydrogen) atoms. The van der Waals surface area contributed by atoms with E-state index >= 15 is 0 Å². The maximum Gasteiger partial charge on any atom is 0.403 e. The summed E-state index contributed by atoms with van der Waals surface area (Å²) >= 11 is 5.56. The van der Waals surface area contributed by atoms with E-state index in [2.05, 4.69) is 0 Å². The Hall–Kier alpha value is -1.09. The van der Waals surface area contributed by atoms with Crippen molar-refractivity contribution in [1.29, 1.82) is 0 Å². The molecule has 1 rings (SSSR count). The van der Waals surface area contributed by atoms with E-state index in [0.29, 0.717) is 5.56 Å². The SMILES string of the molecule is Cc1ccc[n+](Cl)c1C(=O)O. The van der Waals surface area contributed by atoms with Gasteiger partial charge in [-0.05, 0) is 13.0 Å². The minimum absolute atomic E-state index is 0.106. The average molecular weight is 173 g/mol. The summed E-state index contributed by atoms with van der Waals surface area (Å²) in [7, 11) is 0. The zero-order valence-electron chi connectivity index (χ0n) is 5.91. The Bertz CT molecular complexity index is 278. The molecule has 1 heterocycles. The molecule has 1 aromatic rings. The zero-order chi connectivity index (χ0) is 8.43. The van der Waals surface area contributed by atoms with Gasteiger partial charge in [0.05, 0.1) is 0 Å². The molecule has 0 aliphatic carbocycles. The van der Waals surface area contributed by atoms with E-state index in [9.17, 15) is 4.79 Å². The molecule has 0 amide bonds. The number of aromatic nitrogens is 1. The van der Waals surface area contributed by atoms with Gasteiger partial charge in [-0.3, -0.25) is 0 Å². The molecule has 3 nitrogen and oxygen atoms in total. The van der Waals surface area contributed by atoms with Crippen molar-refractivity contribution in [3.63, 3.8) is 0 Å². The molecule has 58 valence electrons. The molecule has 0 aliphatic heterocycles. The maximum atomic E-state index is 10.5. The lowest BCUT2D eigenvalue weighted by atomic mass is 10.2. The molecule has 0 spiro atoms. The Morgan fingerprint density at radius 2 is 2.36 bits per heavy atom. The summed E-state index contributed by atoms with van der Waals surface area (Å²) in [6, 6.07) is 3.39. The van der Waals surface area contributed by atoms with Crippen molar-refractivity contribution in [2.45, 2.75) is 6.92 Å². The summed E-state index contributed by atoms with van der Waals surface area (Å²) < 4.78 is 1.07. The summed E-state index contributed by atoms with van der Waals surface area (Å²) in [6.07, 6.45) is 1.48. The highest BCUT2D eigenvalue weighted by atomic mass is 35.5. The Balaban J connectivity index is 3.32. The van der Waals surface area contributed by atoms with Crippen molar-refractivity contribution in [3.8, 4) is 0 Å². The highest BCUT2D eigenvalue weighted by molar-refractivity contribution is 6.05. The minimum Gasteiger partial charge on any atom is -0.473 e. The van der Waals surface area contributed by atoms with E-state index in [-0.39, 0.29) is 5.69 Å². The van der Waals surface area contributed by atoms with Crippen LogP contribution in [0.1, 0.15) is 16.1 Å². The van der Waals surface area contributed by atoms with Gasteiger partial charge in [0, 0.05) is 11.6 Å². The fraction of sp³-hybridized carbons (Fsp3) is 0.143. The Morgan fingerprint density at radius 3 is 2.73 bits per heavy atom. The number of aryl methyl sites for hydroxylation is 1. The van der Waals surface area contributed by atoms with Crippen LogP contribution in [0.15, 0.2) is 18.3 Å². The van der Waals surface area contributed by atoms with Crippen LogP contribution in [0.25, 0.3) is 0 Å². The van der Waals surface area contributed by atoms with E-state index < -0.39 is 5.97 Å². The van der Waals surface area contributed by atoms with Crippen LogP contribution in [-0.4, -0.2) is 11.1 Å². The second-order valence-corrected chi connectivity index (χ2v) is 2.52. The molecule has 0 atom stereocenters. The Labute approximate surface area is 69.0 Å². The summed E-state index contributed by atoms with van der Waals surface area (Å²) in [4.78, 5) is 10.5. The second kappa shape index (κ2) is 2.88. The standard InChI is InChI=1S/C7H6ClNO2/c1-5-3-2-4-9(8)6(5)7(10)11/h2-4H,1H3/p+1. The van der Waals surface area contributed by atoms with Crippen molar-refractivity contribution in [2.75, 3.05) is 0 Å². The number of hydrogen-bond acceptors (Lipinski definition) is 1. The largest absolute Gasteiger partial charge is 0.473 e. The van der Waals surface area contributed by atoms with Crippen LogP contribution in [-0.2, 0) is 0 Å². The first-order valence-corrected chi connectivity index (χ1v) is 3.37. The third-order valence-electron chi connectivity index (χ3n) is 1.35. The van der Waals surface area contributed by atoms with Crippen LogP contribution in [0.4, 0.5) is 0 Å². The van der Waals surface area contributed by atoms with Gasteiger partial charge in [0.1, 0.15) is 0 Å². The van der Waals surface area contributed by atoms with Crippen molar-refractivity contribution in [3.05, 3.63) is 29.6 Å². The van der Waals surface area contributed by atoms with Gasteiger partial charge in [-0.25, -0.2) is 4.79 Å². The van der Waals surface area contributed by atoms with Gasteiger partial charge in [-0.15, -0.1) is 0 Å². The number of aromatic carboxylic acids is 1. The van der Waals surface area contributed by atoms with E-state index in [1.165, 1.54) is 6.20 Å². The van der Waals surface area contributed by atoms with Gasteiger partial charge in [0.15, 0.2) is 6.20 Å². The molecule has 0 bridgehead atoms. The first kappa shape index (κ1) is 8.01. The minimum atomic E-state index is -1.02. The van der Waals surface area contributed by atoms with Gasteiger partial charge >= 0.3 is 11.7 Å². The lowest BCUT2D eigenvalue weighted by Gasteiger charge is -1.92. The van der Waals surface area contributed by atoms with E-state index in [0.717, 1.165) is 4.09 Å². The number of pyridine rings is 1. The lowest BCUT2D eigenvalue weighted by Crippen LogP contribution is -2.30. The Kier molecular flexibility index (Phi) is 2.10. The number of carbonyl (C=O) groups is 1. The van der Waals surface area contributed by atoms with Crippen LogP contribution in [0.2, 0.25) is 0 Å². The molecule has 0 aliphatic rings. The lowest BCUT2D eigenvalue weighted by molar-refractivity contribution is -0.523. The smallest absolute Gasteiger partial charge is 0.403 e. The van der Waals surface area contributed by atoms with Crippen LogP contribution in [0.5, 0.6) is 0 Å². The van der Waals surface area contributed by atoms with Crippen LogP contribution >= 0.6 is 11.8 Å². The molecule has 1 N–H and O–H groups in total. The predicted molar refractivity (Wildman–Crippen MR) is 39.6 cm³/mol. The third-order valence-corrected chi connectivity index (χ3v) is 1.63. The number of rotatable bonds is 1. The summed E-state index contributed by atoms with van der Waals surface area (Å²) in [6.45, 7) is 1.70. The topological polar surface area (TPSA) is 41.2 Å². The fourth-order valence-corrected chi connectivity index (χ4v) is 1.12. The quantitative estimate of drug-likeness (QED) is 0.686. The number of carboxylic acids is 1. The summed E-state index contributed by atoms with van der Waals surface area (Å²) in [5.74, 6) is -1.02. The second-order valence-electron chi connectivity index (χ2n) is 2.16. The number of nitrogens with zero attached hydrogens (tertiary/aromatic N) is 1. The molecule has 1 aromatic heterocycles. The van der Waals surface area contributed by atoms with E-state index in [1.54, 1.807) is 19.1 Å². The number of halogens is 1. The highest BCUT2D eigenvalue weighted by Gasteiger charge is 2.19. The van der Waals surface area contributed by atoms with Gasteiger partial charge in [0.2, 0.25) is 0 Å². The molecule has 0 fully saturated rings. The highest BCUT2D eigenvalue weighted by Crippen LogP contribution is 2.01. The van der Waals surface area contributed by atoms with Crippen LogP contribution in [0.3, 0.4) is 0 Å². The molecular weight excluding hydrogens is 166 g/mol. The molecule has 0 saturated heterocycles. The summed E-state index contributed by atoms with van der Waals surface area (Å²) in [5.41, 5.74) is 0.754. The first-order valence-electron chi connectivity index (χ1n) is 3.03. The molecule has 4 heteroatoms. The van der Waals surface area contributed by atoms with E-state index in [1.807, 2.05) is 0 Å². The number of carboxylic acid groups (broad SMARTS) is 1. The predicted octanol–water partition coefficient (Wildman–Crippen LogP) is 0.983. The average Bonchev–Trinajstić information content (AvgIpc) is 1.85.